The third-order valence-electron chi connectivity index (χ3n) is 5.07. The molecule has 6 nitrogen and oxygen atoms in total. The number of hydrogen-bond donors (Lipinski definition) is 2. The molecule has 1 saturated heterocycles. The maximum atomic E-state index is 12.7. The van der Waals surface area contributed by atoms with Gasteiger partial charge in [-0.1, -0.05) is 31.2 Å². The van der Waals surface area contributed by atoms with Crippen molar-refractivity contribution in [1.29, 1.82) is 0 Å². The van der Waals surface area contributed by atoms with Gasteiger partial charge in [-0.3, -0.25) is 4.79 Å². The van der Waals surface area contributed by atoms with E-state index >= 15 is 0 Å². The van der Waals surface area contributed by atoms with Crippen LogP contribution in [0.4, 0.5) is 10.5 Å². The smallest absolute Gasteiger partial charge is 0.319 e. The van der Waals surface area contributed by atoms with Gasteiger partial charge in [0, 0.05) is 36.4 Å². The summed E-state index contributed by atoms with van der Waals surface area (Å²) in [6, 6.07) is 14.3. The topological polar surface area (TPSA) is 70.7 Å². The summed E-state index contributed by atoms with van der Waals surface area (Å²) in [7, 11) is 1.60. The Morgan fingerprint density at radius 1 is 1.11 bits per heavy atom. The predicted octanol–water partition coefficient (Wildman–Crippen LogP) is 3.89. The van der Waals surface area contributed by atoms with Gasteiger partial charge in [-0.2, -0.15) is 0 Å². The molecule has 0 saturated carbocycles. The van der Waals surface area contributed by atoms with Crippen LogP contribution in [0.3, 0.4) is 0 Å². The predicted molar refractivity (Wildman–Crippen MR) is 110 cm³/mol. The van der Waals surface area contributed by atoms with E-state index in [4.69, 9.17) is 4.74 Å². The lowest BCUT2D eigenvalue weighted by Crippen LogP contribution is -2.37. The Morgan fingerprint density at radius 2 is 1.86 bits per heavy atom. The van der Waals surface area contributed by atoms with Gasteiger partial charge in [-0.05, 0) is 43.0 Å². The number of piperidine rings is 1. The minimum atomic E-state index is -0.331. The highest BCUT2D eigenvalue weighted by Gasteiger charge is 2.21. The molecule has 0 aromatic heterocycles. The van der Waals surface area contributed by atoms with Crippen LogP contribution < -0.4 is 15.4 Å². The van der Waals surface area contributed by atoms with Crippen LogP contribution in [0.25, 0.3) is 0 Å². The first-order valence-electron chi connectivity index (χ1n) is 9.63. The molecule has 0 atom stereocenters. The zero-order valence-electron chi connectivity index (χ0n) is 16.4. The lowest BCUT2D eigenvalue weighted by Gasteiger charge is -2.30. The van der Waals surface area contributed by atoms with Crippen molar-refractivity contribution in [2.45, 2.75) is 26.3 Å². The minimum absolute atomic E-state index is 0.0185. The van der Waals surface area contributed by atoms with E-state index in [1.807, 2.05) is 29.2 Å². The van der Waals surface area contributed by atoms with Crippen LogP contribution >= 0.6 is 0 Å². The van der Waals surface area contributed by atoms with Crippen LogP contribution in [0.15, 0.2) is 48.5 Å². The highest BCUT2D eigenvalue weighted by molar-refractivity contribution is 5.97. The summed E-state index contributed by atoms with van der Waals surface area (Å²) in [6.07, 6.45) is 2.07. The molecule has 6 heteroatoms. The van der Waals surface area contributed by atoms with Gasteiger partial charge in [-0.25, -0.2) is 4.79 Å². The first kappa shape index (κ1) is 19.7. The standard InChI is InChI=1S/C22H27N3O3/c1-16-10-12-25(13-11-16)21(26)17-7-5-8-19(14-17)24-22(27)23-15-18-6-3-4-9-20(18)28-2/h3-9,14,16H,10-13,15H2,1-2H3,(H2,23,24,27). The second-order valence-corrected chi connectivity index (χ2v) is 7.18. The SMILES string of the molecule is COc1ccccc1CNC(=O)Nc1cccc(C(=O)N2CCC(C)CC2)c1. The molecular weight excluding hydrogens is 354 g/mol. The number of nitrogens with zero attached hydrogens (tertiary/aromatic N) is 1. The molecule has 1 aliphatic rings. The molecule has 1 heterocycles. The minimum Gasteiger partial charge on any atom is -0.496 e. The van der Waals surface area contributed by atoms with Crippen molar-refractivity contribution in [2.75, 3.05) is 25.5 Å². The van der Waals surface area contributed by atoms with Crippen molar-refractivity contribution in [3.05, 3.63) is 59.7 Å². The van der Waals surface area contributed by atoms with Crippen molar-refractivity contribution in [3.63, 3.8) is 0 Å². The number of likely N-dealkylation sites (tertiary alicyclic amines) is 1. The Morgan fingerprint density at radius 3 is 2.61 bits per heavy atom. The van der Waals surface area contributed by atoms with Gasteiger partial charge in [0.05, 0.1) is 7.11 Å². The van der Waals surface area contributed by atoms with Gasteiger partial charge < -0.3 is 20.3 Å². The van der Waals surface area contributed by atoms with E-state index in [-0.39, 0.29) is 11.9 Å². The molecule has 2 aromatic rings. The molecule has 28 heavy (non-hydrogen) atoms. The summed E-state index contributed by atoms with van der Waals surface area (Å²) >= 11 is 0. The monoisotopic (exact) mass is 381 g/mol. The molecule has 0 radical (unpaired) electrons. The quantitative estimate of drug-likeness (QED) is 0.825. The van der Waals surface area contributed by atoms with E-state index in [1.54, 1.807) is 31.4 Å². The van der Waals surface area contributed by atoms with Crippen LogP contribution in [-0.2, 0) is 6.54 Å². The number of hydrogen-bond acceptors (Lipinski definition) is 3. The van der Waals surface area contributed by atoms with Crippen molar-refractivity contribution in [3.8, 4) is 5.75 Å². The number of benzene rings is 2. The van der Waals surface area contributed by atoms with E-state index in [2.05, 4.69) is 17.6 Å². The number of nitrogens with one attached hydrogen (secondary N) is 2. The highest BCUT2D eigenvalue weighted by atomic mass is 16.5. The largest absolute Gasteiger partial charge is 0.496 e. The number of methoxy groups -OCH3 is 1. The number of ether oxygens (including phenoxy) is 1. The summed E-state index contributed by atoms with van der Waals surface area (Å²) in [5.41, 5.74) is 2.08. The van der Waals surface area contributed by atoms with Gasteiger partial charge in [0.2, 0.25) is 0 Å². The second kappa shape index (κ2) is 9.26. The molecule has 2 N–H and O–H groups in total. The normalized spacial score (nSPS) is 14.4. The Labute approximate surface area is 165 Å². The van der Waals surface area contributed by atoms with Crippen molar-refractivity contribution < 1.29 is 14.3 Å². The second-order valence-electron chi connectivity index (χ2n) is 7.18. The van der Waals surface area contributed by atoms with Gasteiger partial charge >= 0.3 is 6.03 Å². The highest BCUT2D eigenvalue weighted by Crippen LogP contribution is 2.20. The molecule has 1 fully saturated rings. The molecule has 0 aliphatic carbocycles. The zero-order valence-corrected chi connectivity index (χ0v) is 16.4. The number of anilines is 1. The van der Waals surface area contributed by atoms with Crippen LogP contribution in [0, 0.1) is 5.92 Å². The molecule has 2 aromatic carbocycles. The van der Waals surface area contributed by atoms with Gasteiger partial charge in [0.15, 0.2) is 0 Å². The number of rotatable bonds is 5. The molecule has 0 spiro atoms. The third kappa shape index (κ3) is 5.03. The maximum Gasteiger partial charge on any atom is 0.319 e. The fourth-order valence-electron chi connectivity index (χ4n) is 3.32. The molecule has 3 amide bonds. The van der Waals surface area contributed by atoms with Gasteiger partial charge in [0.1, 0.15) is 5.75 Å². The van der Waals surface area contributed by atoms with E-state index < -0.39 is 0 Å². The van der Waals surface area contributed by atoms with E-state index in [1.165, 1.54) is 0 Å². The summed E-state index contributed by atoms with van der Waals surface area (Å²) in [4.78, 5) is 26.8. The van der Waals surface area contributed by atoms with Crippen LogP contribution in [-0.4, -0.2) is 37.0 Å². The number of para-hydroxylation sites is 1. The van der Waals surface area contributed by atoms with Gasteiger partial charge in [0.25, 0.3) is 5.91 Å². The van der Waals surface area contributed by atoms with Crippen LogP contribution in [0.5, 0.6) is 5.75 Å². The summed E-state index contributed by atoms with van der Waals surface area (Å²) in [6.45, 7) is 4.14. The first-order chi connectivity index (χ1) is 13.6. The Balaban J connectivity index is 1.58. The number of urea groups is 1. The average molecular weight is 381 g/mol. The lowest BCUT2D eigenvalue weighted by atomic mass is 9.98. The van der Waals surface area contributed by atoms with Crippen molar-refractivity contribution in [2.24, 2.45) is 5.92 Å². The molecule has 0 bridgehead atoms. The number of amides is 3. The Kier molecular flexibility index (Phi) is 6.53. The molecule has 3 rings (SSSR count). The third-order valence-corrected chi connectivity index (χ3v) is 5.07. The van der Waals surface area contributed by atoms with E-state index in [0.717, 1.165) is 37.2 Å². The molecular formula is C22H27N3O3. The summed E-state index contributed by atoms with van der Waals surface area (Å²) < 4.78 is 5.29. The Hall–Kier alpha value is -3.02. The zero-order chi connectivity index (χ0) is 19.9. The van der Waals surface area contributed by atoms with E-state index in [9.17, 15) is 9.59 Å². The fraction of sp³-hybridized carbons (Fsp3) is 0.364. The fourth-order valence-corrected chi connectivity index (χ4v) is 3.32. The maximum absolute atomic E-state index is 12.7. The van der Waals surface area contributed by atoms with Gasteiger partial charge in [-0.15, -0.1) is 0 Å². The average Bonchev–Trinajstić information content (AvgIpc) is 2.72. The Bertz CT molecular complexity index is 829. The van der Waals surface area contributed by atoms with Crippen LogP contribution in [0.1, 0.15) is 35.7 Å². The molecule has 148 valence electrons. The lowest BCUT2D eigenvalue weighted by molar-refractivity contribution is 0.0697. The molecule has 0 unspecified atom stereocenters. The summed E-state index contributed by atoms with van der Waals surface area (Å²) in [5.74, 6) is 1.42. The van der Waals surface area contributed by atoms with Crippen LogP contribution in [0.2, 0.25) is 0 Å². The summed E-state index contributed by atoms with van der Waals surface area (Å²) in [5, 5.41) is 5.61. The first-order valence-corrected chi connectivity index (χ1v) is 9.63. The van der Waals surface area contributed by atoms with E-state index in [0.29, 0.717) is 23.7 Å². The number of carbonyl (C=O) groups excluding carboxylic acids is 2. The van der Waals surface area contributed by atoms with Crippen molar-refractivity contribution >= 4 is 17.6 Å². The molecule has 1 aliphatic heterocycles. The number of carbonyl (C=O) groups is 2. The van der Waals surface area contributed by atoms with Crippen molar-refractivity contribution in [1.82, 2.24) is 10.2 Å².